The molecule has 0 atom stereocenters. The van der Waals surface area contributed by atoms with Gasteiger partial charge >= 0.3 is 6.18 Å². The predicted molar refractivity (Wildman–Crippen MR) is 102 cm³/mol. The van der Waals surface area contributed by atoms with Crippen molar-refractivity contribution in [2.75, 3.05) is 31.1 Å². The molecule has 1 aliphatic rings. The average molecular weight is 417 g/mol. The highest BCUT2D eigenvalue weighted by molar-refractivity contribution is 5.94. The lowest BCUT2D eigenvalue weighted by Crippen LogP contribution is -2.49. The van der Waals surface area contributed by atoms with Crippen LogP contribution in [0.25, 0.3) is 11.4 Å². The fraction of sp³-hybridized carbons (Fsp3) is 0.300. The number of rotatable bonds is 3. The highest BCUT2D eigenvalue weighted by atomic mass is 19.4. The maximum absolute atomic E-state index is 12.9. The molecule has 1 saturated heterocycles. The number of alkyl halides is 3. The number of pyridine rings is 1. The van der Waals surface area contributed by atoms with Gasteiger partial charge in [0.1, 0.15) is 5.82 Å². The zero-order chi connectivity index (χ0) is 21.3. The molecular formula is C20H18F3N5O2. The Morgan fingerprint density at radius 1 is 1.10 bits per heavy atom. The van der Waals surface area contributed by atoms with Crippen molar-refractivity contribution in [2.45, 2.75) is 13.1 Å². The molecule has 0 saturated carbocycles. The summed E-state index contributed by atoms with van der Waals surface area (Å²) < 4.78 is 43.7. The van der Waals surface area contributed by atoms with E-state index in [1.54, 1.807) is 18.0 Å². The lowest BCUT2D eigenvalue weighted by atomic mass is 10.1. The van der Waals surface area contributed by atoms with Crippen molar-refractivity contribution in [1.82, 2.24) is 20.0 Å². The highest BCUT2D eigenvalue weighted by Crippen LogP contribution is 2.30. The number of amides is 1. The largest absolute Gasteiger partial charge is 0.416 e. The second-order valence-corrected chi connectivity index (χ2v) is 6.90. The Morgan fingerprint density at radius 2 is 1.87 bits per heavy atom. The predicted octanol–water partition coefficient (Wildman–Crippen LogP) is 3.42. The lowest BCUT2D eigenvalue weighted by Gasteiger charge is -2.35. The zero-order valence-corrected chi connectivity index (χ0v) is 16.1. The molecule has 0 spiro atoms. The molecule has 4 rings (SSSR count). The summed E-state index contributed by atoms with van der Waals surface area (Å²) in [6, 6.07) is 8.19. The molecule has 0 bridgehead atoms. The van der Waals surface area contributed by atoms with Gasteiger partial charge in [0.25, 0.3) is 5.91 Å². The standard InChI is InChI=1S/C20H18F3N5O2/c1-13-25-18(26-30-13)15-5-6-17(24-12-15)27-7-9-28(10-8-27)19(29)14-3-2-4-16(11-14)20(21,22)23/h2-6,11-12H,7-10H2,1H3. The maximum Gasteiger partial charge on any atom is 0.416 e. The molecule has 2 aromatic heterocycles. The summed E-state index contributed by atoms with van der Waals surface area (Å²) in [5, 5.41) is 3.85. The van der Waals surface area contributed by atoms with E-state index >= 15 is 0 Å². The first-order valence-electron chi connectivity index (χ1n) is 9.29. The van der Waals surface area contributed by atoms with Crippen molar-refractivity contribution in [3.05, 3.63) is 59.6 Å². The molecule has 0 N–H and O–H groups in total. The minimum Gasteiger partial charge on any atom is -0.353 e. The summed E-state index contributed by atoms with van der Waals surface area (Å²) >= 11 is 0. The third-order valence-electron chi connectivity index (χ3n) is 4.86. The van der Waals surface area contributed by atoms with E-state index in [-0.39, 0.29) is 5.56 Å². The van der Waals surface area contributed by atoms with Gasteiger partial charge in [-0.15, -0.1) is 0 Å². The van der Waals surface area contributed by atoms with Crippen LogP contribution < -0.4 is 4.90 Å². The van der Waals surface area contributed by atoms with E-state index in [4.69, 9.17) is 4.52 Å². The van der Waals surface area contributed by atoms with Crippen LogP contribution in [-0.2, 0) is 6.18 Å². The molecule has 1 fully saturated rings. The first-order chi connectivity index (χ1) is 14.3. The van der Waals surface area contributed by atoms with Gasteiger partial charge in [-0.3, -0.25) is 4.79 Å². The Hall–Kier alpha value is -3.43. The normalized spacial score (nSPS) is 14.8. The van der Waals surface area contributed by atoms with Crippen molar-refractivity contribution >= 4 is 11.7 Å². The average Bonchev–Trinajstić information content (AvgIpc) is 3.19. The van der Waals surface area contributed by atoms with Gasteiger partial charge in [-0.05, 0) is 30.3 Å². The second-order valence-electron chi connectivity index (χ2n) is 6.90. The maximum atomic E-state index is 12.9. The Labute approximate surface area is 170 Å². The molecule has 0 radical (unpaired) electrons. The number of halogens is 3. The van der Waals surface area contributed by atoms with Gasteiger partial charge in [0.05, 0.1) is 5.56 Å². The van der Waals surface area contributed by atoms with Crippen molar-refractivity contribution in [1.29, 1.82) is 0 Å². The van der Waals surface area contributed by atoms with Crippen LogP contribution >= 0.6 is 0 Å². The van der Waals surface area contributed by atoms with Gasteiger partial charge in [-0.25, -0.2) is 4.98 Å². The number of carbonyl (C=O) groups excluding carboxylic acids is 1. The monoisotopic (exact) mass is 417 g/mol. The molecule has 156 valence electrons. The molecule has 3 aromatic rings. The van der Waals surface area contributed by atoms with Crippen molar-refractivity contribution in [3.8, 4) is 11.4 Å². The molecule has 0 unspecified atom stereocenters. The minimum atomic E-state index is -4.48. The third kappa shape index (κ3) is 4.12. The molecule has 10 heteroatoms. The van der Waals surface area contributed by atoms with Crippen LogP contribution in [0.5, 0.6) is 0 Å². The molecule has 30 heavy (non-hydrogen) atoms. The van der Waals surface area contributed by atoms with Crippen molar-refractivity contribution < 1.29 is 22.5 Å². The summed E-state index contributed by atoms with van der Waals surface area (Å²) in [6.45, 7) is 3.54. The first kappa shape index (κ1) is 19.9. The summed E-state index contributed by atoms with van der Waals surface area (Å²) in [5.74, 6) is 1.26. The number of benzene rings is 1. The van der Waals surface area contributed by atoms with Crippen molar-refractivity contribution in [2.24, 2.45) is 0 Å². The zero-order valence-electron chi connectivity index (χ0n) is 16.1. The van der Waals surface area contributed by atoms with Gasteiger partial charge in [-0.1, -0.05) is 11.2 Å². The quantitative estimate of drug-likeness (QED) is 0.650. The van der Waals surface area contributed by atoms with E-state index < -0.39 is 17.6 Å². The number of hydrogen-bond acceptors (Lipinski definition) is 6. The molecule has 1 aromatic carbocycles. The fourth-order valence-corrected chi connectivity index (χ4v) is 3.27. The van der Waals surface area contributed by atoms with Crippen LogP contribution in [0.4, 0.5) is 19.0 Å². The van der Waals surface area contributed by atoms with E-state index in [2.05, 4.69) is 15.1 Å². The van der Waals surface area contributed by atoms with Gasteiger partial charge in [0.15, 0.2) is 0 Å². The Balaban J connectivity index is 1.40. The number of aryl methyl sites for hydroxylation is 1. The minimum absolute atomic E-state index is 0.0381. The number of carbonyl (C=O) groups is 1. The summed E-state index contributed by atoms with van der Waals surface area (Å²) in [5.41, 5.74) is -0.0572. The van der Waals surface area contributed by atoms with Crippen LogP contribution in [0.2, 0.25) is 0 Å². The van der Waals surface area contributed by atoms with Crippen LogP contribution in [-0.4, -0.2) is 52.1 Å². The molecule has 1 amide bonds. The molecule has 0 aliphatic carbocycles. The highest BCUT2D eigenvalue weighted by Gasteiger charge is 2.31. The van der Waals surface area contributed by atoms with Crippen LogP contribution in [0.15, 0.2) is 47.1 Å². The first-order valence-corrected chi connectivity index (χ1v) is 9.29. The summed E-state index contributed by atoms with van der Waals surface area (Å²) in [7, 11) is 0. The van der Waals surface area contributed by atoms with E-state index in [1.165, 1.54) is 12.1 Å². The van der Waals surface area contributed by atoms with Crippen LogP contribution in [0.3, 0.4) is 0 Å². The second kappa shape index (κ2) is 7.77. The lowest BCUT2D eigenvalue weighted by molar-refractivity contribution is -0.137. The Bertz CT molecular complexity index is 1040. The van der Waals surface area contributed by atoms with Gasteiger partial charge in [-0.2, -0.15) is 18.2 Å². The van der Waals surface area contributed by atoms with E-state index in [1.807, 2.05) is 17.0 Å². The topological polar surface area (TPSA) is 75.4 Å². The van der Waals surface area contributed by atoms with Crippen LogP contribution in [0.1, 0.15) is 21.8 Å². The fourth-order valence-electron chi connectivity index (χ4n) is 3.27. The number of aromatic nitrogens is 3. The molecule has 7 nitrogen and oxygen atoms in total. The van der Waals surface area contributed by atoms with Gasteiger partial charge in [0, 0.05) is 50.4 Å². The summed E-state index contributed by atoms with van der Waals surface area (Å²) in [4.78, 5) is 24.8. The number of piperazine rings is 1. The third-order valence-corrected chi connectivity index (χ3v) is 4.86. The van der Waals surface area contributed by atoms with E-state index in [9.17, 15) is 18.0 Å². The Morgan fingerprint density at radius 3 is 2.47 bits per heavy atom. The SMILES string of the molecule is Cc1nc(-c2ccc(N3CCN(C(=O)c4cccc(C(F)(F)F)c4)CC3)nc2)no1. The smallest absolute Gasteiger partial charge is 0.353 e. The molecule has 1 aliphatic heterocycles. The van der Waals surface area contributed by atoms with E-state index in [0.717, 1.165) is 23.5 Å². The summed E-state index contributed by atoms with van der Waals surface area (Å²) in [6.07, 6.45) is -2.83. The molecular weight excluding hydrogens is 399 g/mol. The number of hydrogen-bond donors (Lipinski definition) is 0. The number of anilines is 1. The van der Waals surface area contributed by atoms with E-state index in [0.29, 0.717) is 37.9 Å². The Kier molecular flexibility index (Phi) is 5.15. The van der Waals surface area contributed by atoms with Gasteiger partial charge < -0.3 is 14.3 Å². The number of nitrogens with zero attached hydrogens (tertiary/aromatic N) is 5. The van der Waals surface area contributed by atoms with Crippen LogP contribution in [0, 0.1) is 6.92 Å². The molecule has 3 heterocycles. The van der Waals surface area contributed by atoms with Gasteiger partial charge in [0.2, 0.25) is 11.7 Å². The van der Waals surface area contributed by atoms with Crippen molar-refractivity contribution in [3.63, 3.8) is 0 Å².